The smallest absolute Gasteiger partial charge is 0.270 e. The van der Waals surface area contributed by atoms with Gasteiger partial charge < -0.3 is 11.1 Å². The molecule has 0 aliphatic heterocycles. The van der Waals surface area contributed by atoms with E-state index in [0.29, 0.717) is 23.8 Å². The lowest BCUT2D eigenvalue weighted by molar-refractivity contribution is 0.0950. The lowest BCUT2D eigenvalue weighted by Crippen LogP contribution is -2.29. The van der Waals surface area contributed by atoms with Crippen molar-refractivity contribution in [1.82, 2.24) is 10.3 Å². The molecular weight excluding hydrogens is 270 g/mol. The maximum absolute atomic E-state index is 11.7. The van der Waals surface area contributed by atoms with E-state index in [9.17, 15) is 4.79 Å². The lowest BCUT2D eigenvalue weighted by Gasteiger charge is -1.99. The summed E-state index contributed by atoms with van der Waals surface area (Å²) in [6, 6.07) is 7.35. The minimum Gasteiger partial charge on any atom is -0.349 e. The van der Waals surface area contributed by atoms with Crippen LogP contribution in [0.5, 0.6) is 0 Å². The fourth-order valence-electron chi connectivity index (χ4n) is 1.38. The fourth-order valence-corrected chi connectivity index (χ4v) is 2.31. The van der Waals surface area contributed by atoms with Gasteiger partial charge in [-0.15, -0.1) is 11.3 Å². The molecule has 6 heteroatoms. The molecule has 18 heavy (non-hydrogen) atoms. The minimum atomic E-state index is -0.197. The number of benzene rings is 1. The quantitative estimate of drug-likeness (QED) is 0.902. The number of halogens is 1. The fraction of sp³-hybridized carbons (Fsp3) is 0.167. The molecule has 0 spiro atoms. The van der Waals surface area contributed by atoms with Gasteiger partial charge >= 0.3 is 0 Å². The Balaban J connectivity index is 2.15. The molecule has 94 valence electrons. The van der Waals surface area contributed by atoms with Crippen LogP contribution in [-0.4, -0.2) is 24.0 Å². The highest BCUT2D eigenvalue weighted by Crippen LogP contribution is 2.24. The summed E-state index contributed by atoms with van der Waals surface area (Å²) in [4.78, 5) is 15.9. The predicted octanol–water partition coefficient (Wildman–Crippen LogP) is 2.15. The van der Waals surface area contributed by atoms with E-state index in [2.05, 4.69) is 10.3 Å². The van der Waals surface area contributed by atoms with Crippen molar-refractivity contribution < 1.29 is 4.79 Å². The summed E-state index contributed by atoms with van der Waals surface area (Å²) in [5, 5.41) is 5.89. The van der Waals surface area contributed by atoms with Crippen molar-refractivity contribution in [3.63, 3.8) is 0 Å². The van der Waals surface area contributed by atoms with Crippen LogP contribution in [0.4, 0.5) is 0 Å². The third-order valence-corrected chi connectivity index (χ3v) is 3.40. The molecule has 0 saturated heterocycles. The average Bonchev–Trinajstić information content (AvgIpc) is 2.86. The Labute approximate surface area is 114 Å². The summed E-state index contributed by atoms with van der Waals surface area (Å²) in [5.74, 6) is -0.197. The number of nitrogens with zero attached hydrogens (tertiary/aromatic N) is 1. The maximum Gasteiger partial charge on any atom is 0.270 e. The first kappa shape index (κ1) is 13.0. The van der Waals surface area contributed by atoms with Gasteiger partial charge in [0, 0.05) is 29.1 Å². The molecule has 1 aromatic carbocycles. The van der Waals surface area contributed by atoms with E-state index in [1.807, 2.05) is 12.1 Å². The van der Waals surface area contributed by atoms with Crippen molar-refractivity contribution >= 4 is 28.8 Å². The molecule has 3 N–H and O–H groups in total. The molecule has 0 fully saturated rings. The van der Waals surface area contributed by atoms with Gasteiger partial charge in [-0.1, -0.05) is 23.7 Å². The number of amides is 1. The Morgan fingerprint density at radius 2 is 2.11 bits per heavy atom. The third kappa shape index (κ3) is 3.07. The number of nitrogens with one attached hydrogen (secondary N) is 1. The van der Waals surface area contributed by atoms with Crippen LogP contribution in [0.2, 0.25) is 5.02 Å². The van der Waals surface area contributed by atoms with Crippen LogP contribution in [-0.2, 0) is 0 Å². The normalized spacial score (nSPS) is 10.3. The first-order valence-corrected chi connectivity index (χ1v) is 6.66. The topological polar surface area (TPSA) is 68.0 Å². The van der Waals surface area contributed by atoms with Crippen molar-refractivity contribution in [3.05, 3.63) is 40.4 Å². The Morgan fingerprint density at radius 1 is 1.39 bits per heavy atom. The zero-order valence-electron chi connectivity index (χ0n) is 9.52. The van der Waals surface area contributed by atoms with Gasteiger partial charge in [-0.2, -0.15) is 0 Å². The number of hydrogen-bond acceptors (Lipinski definition) is 4. The SMILES string of the molecule is NCCNC(=O)c1csc(-c2ccc(Cl)cc2)n1. The van der Waals surface area contributed by atoms with Crippen molar-refractivity contribution in [3.8, 4) is 10.6 Å². The molecule has 0 aliphatic rings. The monoisotopic (exact) mass is 281 g/mol. The summed E-state index contributed by atoms with van der Waals surface area (Å²) in [6.07, 6.45) is 0. The highest BCUT2D eigenvalue weighted by atomic mass is 35.5. The molecule has 1 aromatic heterocycles. The van der Waals surface area contributed by atoms with Crippen LogP contribution in [0.25, 0.3) is 10.6 Å². The summed E-state index contributed by atoms with van der Waals surface area (Å²) in [5.41, 5.74) is 6.68. The number of carbonyl (C=O) groups excluding carboxylic acids is 1. The predicted molar refractivity (Wildman–Crippen MR) is 73.9 cm³/mol. The van der Waals surface area contributed by atoms with Crippen LogP contribution in [0.15, 0.2) is 29.6 Å². The highest BCUT2D eigenvalue weighted by Gasteiger charge is 2.10. The van der Waals surface area contributed by atoms with Crippen molar-refractivity contribution in [1.29, 1.82) is 0 Å². The van der Waals surface area contributed by atoms with E-state index in [0.717, 1.165) is 10.6 Å². The number of rotatable bonds is 4. The van der Waals surface area contributed by atoms with Gasteiger partial charge in [0.25, 0.3) is 5.91 Å². The molecule has 0 aliphatic carbocycles. The van der Waals surface area contributed by atoms with E-state index in [1.165, 1.54) is 11.3 Å². The van der Waals surface area contributed by atoms with Crippen molar-refractivity contribution in [2.75, 3.05) is 13.1 Å². The Hall–Kier alpha value is -1.43. The molecule has 0 bridgehead atoms. The minimum absolute atomic E-state index is 0.197. The van der Waals surface area contributed by atoms with Gasteiger partial charge in [-0.25, -0.2) is 4.98 Å². The molecule has 4 nitrogen and oxygen atoms in total. The van der Waals surface area contributed by atoms with Gasteiger partial charge in [-0.05, 0) is 12.1 Å². The third-order valence-electron chi connectivity index (χ3n) is 2.26. The number of carbonyl (C=O) groups is 1. The van der Waals surface area contributed by atoms with E-state index in [4.69, 9.17) is 17.3 Å². The maximum atomic E-state index is 11.7. The second-order valence-corrected chi connectivity index (χ2v) is 4.88. The van der Waals surface area contributed by atoms with E-state index < -0.39 is 0 Å². The number of hydrogen-bond donors (Lipinski definition) is 2. The summed E-state index contributed by atoms with van der Waals surface area (Å²) < 4.78 is 0. The second-order valence-electron chi connectivity index (χ2n) is 3.59. The summed E-state index contributed by atoms with van der Waals surface area (Å²) in [7, 11) is 0. The largest absolute Gasteiger partial charge is 0.349 e. The van der Waals surface area contributed by atoms with Gasteiger partial charge in [0.15, 0.2) is 0 Å². The van der Waals surface area contributed by atoms with Gasteiger partial charge in [0.2, 0.25) is 0 Å². The van der Waals surface area contributed by atoms with Gasteiger partial charge in [-0.3, -0.25) is 4.79 Å². The molecule has 1 heterocycles. The first-order valence-electron chi connectivity index (χ1n) is 5.40. The molecule has 0 saturated carbocycles. The summed E-state index contributed by atoms with van der Waals surface area (Å²) in [6.45, 7) is 0.868. The van der Waals surface area contributed by atoms with Crippen LogP contribution in [0.3, 0.4) is 0 Å². The molecule has 2 aromatic rings. The van der Waals surface area contributed by atoms with Crippen molar-refractivity contribution in [2.24, 2.45) is 5.73 Å². The zero-order chi connectivity index (χ0) is 13.0. The van der Waals surface area contributed by atoms with Crippen molar-refractivity contribution in [2.45, 2.75) is 0 Å². The lowest BCUT2D eigenvalue weighted by atomic mass is 10.2. The van der Waals surface area contributed by atoms with Gasteiger partial charge in [0.1, 0.15) is 10.7 Å². The first-order chi connectivity index (χ1) is 8.70. The van der Waals surface area contributed by atoms with Crippen LogP contribution in [0, 0.1) is 0 Å². The molecule has 0 unspecified atom stereocenters. The standard InChI is InChI=1S/C12H12ClN3OS/c13-9-3-1-8(2-4-9)12-16-10(7-18-12)11(17)15-6-5-14/h1-4,7H,5-6,14H2,(H,15,17). The van der Waals surface area contributed by atoms with Gasteiger partial charge in [0.05, 0.1) is 0 Å². The molecule has 1 amide bonds. The van der Waals surface area contributed by atoms with E-state index in [-0.39, 0.29) is 5.91 Å². The Morgan fingerprint density at radius 3 is 2.78 bits per heavy atom. The van der Waals surface area contributed by atoms with E-state index >= 15 is 0 Å². The molecule has 0 atom stereocenters. The number of nitrogens with two attached hydrogens (primary N) is 1. The van der Waals surface area contributed by atoms with Crippen LogP contribution < -0.4 is 11.1 Å². The highest BCUT2D eigenvalue weighted by molar-refractivity contribution is 7.13. The average molecular weight is 282 g/mol. The molecular formula is C12H12ClN3OS. The Bertz CT molecular complexity index is 539. The second kappa shape index (κ2) is 5.95. The Kier molecular flexibility index (Phi) is 4.30. The molecule has 0 radical (unpaired) electrons. The zero-order valence-corrected chi connectivity index (χ0v) is 11.1. The number of aromatic nitrogens is 1. The number of thiazole rings is 1. The molecule has 2 rings (SSSR count). The van der Waals surface area contributed by atoms with E-state index in [1.54, 1.807) is 17.5 Å². The van der Waals surface area contributed by atoms with Crippen LogP contribution >= 0.6 is 22.9 Å². The van der Waals surface area contributed by atoms with Crippen LogP contribution in [0.1, 0.15) is 10.5 Å². The summed E-state index contributed by atoms with van der Waals surface area (Å²) >= 11 is 7.24.